The fraction of sp³-hybridized carbons (Fsp3) is 0.684. The summed E-state index contributed by atoms with van der Waals surface area (Å²) in [5.41, 5.74) is 0. The molecule has 0 radical (unpaired) electrons. The summed E-state index contributed by atoms with van der Waals surface area (Å²) < 4.78 is 11.0. The highest BCUT2D eigenvalue weighted by Gasteiger charge is 2.29. The van der Waals surface area contributed by atoms with E-state index in [0.29, 0.717) is 0 Å². The maximum Gasteiger partial charge on any atom is 0.119 e. The fourth-order valence-electron chi connectivity index (χ4n) is 3.72. The Morgan fingerprint density at radius 2 is 1.67 bits per heavy atom. The van der Waals surface area contributed by atoms with Gasteiger partial charge in [0.2, 0.25) is 0 Å². The second-order valence-electron chi connectivity index (χ2n) is 6.74. The minimum Gasteiger partial charge on any atom is -0.497 e. The van der Waals surface area contributed by atoms with Crippen LogP contribution in [-0.4, -0.2) is 86.8 Å². The van der Waals surface area contributed by atoms with Crippen LogP contribution in [0.4, 0.5) is 0 Å². The number of hydrogen-bond acceptors (Lipinski definition) is 5. The molecule has 3 rings (SSSR count). The molecule has 134 valence electrons. The van der Waals surface area contributed by atoms with E-state index in [0.717, 1.165) is 30.7 Å². The predicted molar refractivity (Wildman–Crippen MR) is 97.0 cm³/mol. The third-order valence-electron chi connectivity index (χ3n) is 5.35. The molecule has 5 nitrogen and oxygen atoms in total. The topological polar surface area (TPSA) is 28.2 Å². The van der Waals surface area contributed by atoms with Gasteiger partial charge in [-0.1, -0.05) is 6.92 Å². The maximum atomic E-state index is 5.86. The quantitative estimate of drug-likeness (QED) is 0.759. The first-order valence-electron chi connectivity index (χ1n) is 9.24. The zero-order valence-corrected chi connectivity index (χ0v) is 15.1. The van der Waals surface area contributed by atoms with Crippen molar-refractivity contribution in [2.24, 2.45) is 0 Å². The molecule has 0 aromatic heterocycles. The lowest BCUT2D eigenvalue weighted by molar-refractivity contribution is 0.1000. The molecule has 2 aliphatic heterocycles. The van der Waals surface area contributed by atoms with E-state index in [2.05, 4.69) is 21.6 Å². The van der Waals surface area contributed by atoms with Crippen LogP contribution >= 0.6 is 0 Å². The van der Waals surface area contributed by atoms with Crippen molar-refractivity contribution >= 4 is 0 Å². The Hall–Kier alpha value is -1.30. The molecule has 2 saturated heterocycles. The van der Waals surface area contributed by atoms with Crippen LogP contribution in [0.2, 0.25) is 0 Å². The Kier molecular flexibility index (Phi) is 6.35. The van der Waals surface area contributed by atoms with Crippen LogP contribution in [-0.2, 0) is 0 Å². The summed E-state index contributed by atoms with van der Waals surface area (Å²) in [6, 6.07) is 8.57. The number of hydrogen-bond donors (Lipinski definition) is 0. The molecule has 2 fully saturated rings. The zero-order chi connectivity index (χ0) is 16.8. The summed E-state index contributed by atoms with van der Waals surface area (Å²) in [5.74, 6) is 1.79. The first-order chi connectivity index (χ1) is 11.8. The van der Waals surface area contributed by atoms with Crippen LogP contribution in [0.1, 0.15) is 13.3 Å². The van der Waals surface area contributed by atoms with Gasteiger partial charge < -0.3 is 14.4 Å². The van der Waals surface area contributed by atoms with Crippen LogP contribution in [0, 0.1) is 0 Å². The van der Waals surface area contributed by atoms with Crippen LogP contribution in [0.15, 0.2) is 24.3 Å². The first-order valence-corrected chi connectivity index (χ1v) is 9.24. The normalized spacial score (nSPS) is 23.5. The van der Waals surface area contributed by atoms with Gasteiger partial charge in [0.1, 0.15) is 18.1 Å². The van der Waals surface area contributed by atoms with Crippen molar-refractivity contribution in [1.82, 2.24) is 14.7 Å². The van der Waals surface area contributed by atoms with Gasteiger partial charge in [-0.3, -0.25) is 9.80 Å². The van der Waals surface area contributed by atoms with Gasteiger partial charge in [0, 0.05) is 45.3 Å². The number of piperazine rings is 1. The van der Waals surface area contributed by atoms with Gasteiger partial charge in [0.15, 0.2) is 0 Å². The predicted octanol–water partition coefficient (Wildman–Crippen LogP) is 1.79. The SMILES string of the molecule is CCN1CCN([C@@H]2CCN(CCOc3ccc(OC)cc3)C2)CC1. The molecule has 1 aromatic rings. The molecule has 0 N–H and O–H groups in total. The Balaban J connectivity index is 1.35. The van der Waals surface area contributed by atoms with Crippen molar-refractivity contribution in [2.75, 3.05) is 66.1 Å². The monoisotopic (exact) mass is 333 g/mol. The molecule has 1 atom stereocenters. The van der Waals surface area contributed by atoms with Crippen LogP contribution in [0.5, 0.6) is 11.5 Å². The standard InChI is InChI=1S/C19H31N3O2/c1-3-20-10-12-22(13-11-20)17-8-9-21(16-17)14-15-24-19-6-4-18(23-2)5-7-19/h4-7,17H,3,8-16H2,1-2H3/t17-/m1/s1. The minimum atomic E-state index is 0.741. The third kappa shape index (κ3) is 4.62. The van der Waals surface area contributed by atoms with Crippen molar-refractivity contribution in [3.05, 3.63) is 24.3 Å². The Morgan fingerprint density at radius 1 is 0.958 bits per heavy atom. The number of likely N-dealkylation sites (N-methyl/N-ethyl adjacent to an activating group) is 1. The number of nitrogens with zero attached hydrogens (tertiary/aromatic N) is 3. The van der Waals surface area contributed by atoms with E-state index in [-0.39, 0.29) is 0 Å². The molecule has 0 spiro atoms. The molecule has 0 saturated carbocycles. The summed E-state index contributed by atoms with van der Waals surface area (Å²) >= 11 is 0. The van der Waals surface area contributed by atoms with E-state index >= 15 is 0 Å². The molecule has 0 bridgehead atoms. The van der Waals surface area contributed by atoms with Crippen LogP contribution < -0.4 is 9.47 Å². The van der Waals surface area contributed by atoms with Gasteiger partial charge in [-0.2, -0.15) is 0 Å². The van der Waals surface area contributed by atoms with Crippen molar-refractivity contribution in [2.45, 2.75) is 19.4 Å². The third-order valence-corrected chi connectivity index (χ3v) is 5.35. The average molecular weight is 333 g/mol. The van der Waals surface area contributed by atoms with Crippen molar-refractivity contribution < 1.29 is 9.47 Å². The summed E-state index contributed by atoms with van der Waals surface area (Å²) in [6.07, 6.45) is 1.30. The van der Waals surface area contributed by atoms with E-state index in [1.54, 1.807) is 7.11 Å². The second kappa shape index (κ2) is 8.70. The van der Waals surface area contributed by atoms with Gasteiger partial charge in [-0.15, -0.1) is 0 Å². The van der Waals surface area contributed by atoms with Crippen LogP contribution in [0.25, 0.3) is 0 Å². The summed E-state index contributed by atoms with van der Waals surface area (Å²) in [4.78, 5) is 7.78. The molecule has 24 heavy (non-hydrogen) atoms. The number of likely N-dealkylation sites (tertiary alicyclic amines) is 1. The Morgan fingerprint density at radius 3 is 2.33 bits per heavy atom. The molecule has 2 heterocycles. The Bertz CT molecular complexity index is 486. The van der Waals surface area contributed by atoms with E-state index < -0.39 is 0 Å². The van der Waals surface area contributed by atoms with E-state index in [4.69, 9.17) is 9.47 Å². The molecular weight excluding hydrogens is 302 g/mol. The van der Waals surface area contributed by atoms with Crippen LogP contribution in [0.3, 0.4) is 0 Å². The van der Waals surface area contributed by atoms with Gasteiger partial charge in [-0.05, 0) is 43.8 Å². The number of ether oxygens (including phenoxy) is 2. The lowest BCUT2D eigenvalue weighted by atomic mass is 10.2. The maximum absolute atomic E-state index is 5.86. The van der Waals surface area contributed by atoms with E-state index in [1.807, 2.05) is 24.3 Å². The van der Waals surface area contributed by atoms with E-state index in [1.165, 1.54) is 52.2 Å². The van der Waals surface area contributed by atoms with Crippen molar-refractivity contribution in [1.29, 1.82) is 0 Å². The first kappa shape index (κ1) is 17.5. The van der Waals surface area contributed by atoms with Gasteiger partial charge in [0.25, 0.3) is 0 Å². The highest BCUT2D eigenvalue weighted by atomic mass is 16.5. The second-order valence-corrected chi connectivity index (χ2v) is 6.74. The fourth-order valence-corrected chi connectivity index (χ4v) is 3.72. The molecule has 0 aliphatic carbocycles. The van der Waals surface area contributed by atoms with Gasteiger partial charge in [-0.25, -0.2) is 0 Å². The average Bonchev–Trinajstić information content (AvgIpc) is 3.11. The number of benzene rings is 1. The summed E-state index contributed by atoms with van der Waals surface area (Å²) in [6.45, 7) is 12.5. The van der Waals surface area contributed by atoms with Crippen molar-refractivity contribution in [3.63, 3.8) is 0 Å². The highest BCUT2D eigenvalue weighted by molar-refractivity contribution is 5.31. The lowest BCUT2D eigenvalue weighted by Gasteiger charge is -2.37. The highest BCUT2D eigenvalue weighted by Crippen LogP contribution is 2.19. The van der Waals surface area contributed by atoms with Crippen molar-refractivity contribution in [3.8, 4) is 11.5 Å². The molecule has 0 amide bonds. The minimum absolute atomic E-state index is 0.741. The lowest BCUT2D eigenvalue weighted by Crippen LogP contribution is -2.50. The smallest absolute Gasteiger partial charge is 0.119 e. The molecule has 2 aliphatic rings. The Labute approximate surface area is 146 Å². The van der Waals surface area contributed by atoms with Gasteiger partial charge >= 0.3 is 0 Å². The van der Waals surface area contributed by atoms with Gasteiger partial charge in [0.05, 0.1) is 7.11 Å². The molecule has 0 unspecified atom stereocenters. The number of methoxy groups -OCH3 is 1. The molecular formula is C19H31N3O2. The molecule has 5 heteroatoms. The van der Waals surface area contributed by atoms with E-state index in [9.17, 15) is 0 Å². The largest absolute Gasteiger partial charge is 0.497 e. The summed E-state index contributed by atoms with van der Waals surface area (Å²) in [5, 5.41) is 0. The zero-order valence-electron chi connectivity index (χ0n) is 15.1. The molecule has 1 aromatic carbocycles. The number of rotatable bonds is 7. The summed E-state index contributed by atoms with van der Waals surface area (Å²) in [7, 11) is 1.68.